The molecule has 0 bridgehead atoms. The van der Waals surface area contributed by atoms with Crippen LogP contribution in [0.25, 0.3) is 0 Å². The molecular formula is C15H24N2O. The lowest BCUT2D eigenvalue weighted by atomic mass is 10.1. The van der Waals surface area contributed by atoms with E-state index in [1.165, 1.54) is 38.5 Å². The molecule has 0 radical (unpaired) electrons. The van der Waals surface area contributed by atoms with Crippen LogP contribution in [-0.2, 0) is 0 Å². The minimum atomic E-state index is 0.665. The summed E-state index contributed by atoms with van der Waals surface area (Å²) < 4.78 is 5.63. The van der Waals surface area contributed by atoms with E-state index in [1.807, 2.05) is 12.1 Å². The molecule has 0 aliphatic carbocycles. The fourth-order valence-electron chi connectivity index (χ4n) is 1.87. The Kier molecular flexibility index (Phi) is 7.85. The first-order valence-electron chi connectivity index (χ1n) is 6.97. The van der Waals surface area contributed by atoms with Crippen LogP contribution < -0.4 is 4.74 Å². The van der Waals surface area contributed by atoms with Crippen molar-refractivity contribution in [2.24, 2.45) is 5.11 Å². The third-order valence-electron chi connectivity index (χ3n) is 2.98. The van der Waals surface area contributed by atoms with Gasteiger partial charge in [-0.05, 0) is 30.7 Å². The summed E-state index contributed by atoms with van der Waals surface area (Å²) in [5, 5.41) is 3.35. The average Bonchev–Trinajstić information content (AvgIpc) is 2.42. The molecule has 0 fully saturated rings. The number of hydrogen-bond donors (Lipinski definition) is 1. The molecule has 0 unspecified atom stereocenters. The van der Waals surface area contributed by atoms with Gasteiger partial charge in [0, 0.05) is 0 Å². The molecule has 0 saturated heterocycles. The van der Waals surface area contributed by atoms with Crippen molar-refractivity contribution in [3.63, 3.8) is 0 Å². The molecule has 0 spiro atoms. The third kappa shape index (κ3) is 6.38. The topological polar surface area (TPSA) is 45.4 Å². The van der Waals surface area contributed by atoms with Gasteiger partial charge in [0.25, 0.3) is 0 Å². The van der Waals surface area contributed by atoms with Crippen LogP contribution in [0.4, 0.5) is 5.69 Å². The van der Waals surface area contributed by atoms with Gasteiger partial charge in [-0.25, -0.2) is 5.53 Å². The predicted molar refractivity (Wildman–Crippen MR) is 74.7 cm³/mol. The van der Waals surface area contributed by atoms with Crippen molar-refractivity contribution < 1.29 is 4.74 Å². The van der Waals surface area contributed by atoms with Gasteiger partial charge >= 0.3 is 0 Å². The van der Waals surface area contributed by atoms with Gasteiger partial charge in [0.15, 0.2) is 0 Å². The van der Waals surface area contributed by atoms with Gasteiger partial charge in [-0.3, -0.25) is 0 Å². The molecule has 3 nitrogen and oxygen atoms in total. The number of rotatable bonds is 10. The number of benzene rings is 1. The zero-order valence-electron chi connectivity index (χ0n) is 11.3. The highest BCUT2D eigenvalue weighted by Gasteiger charge is 1.95. The quantitative estimate of drug-likeness (QED) is 0.432. The summed E-state index contributed by atoms with van der Waals surface area (Å²) in [6.45, 7) is 3.03. The maximum Gasteiger partial charge on any atom is 0.119 e. The minimum Gasteiger partial charge on any atom is -0.494 e. The van der Waals surface area contributed by atoms with Crippen LogP contribution in [0.2, 0.25) is 0 Å². The normalized spacial score (nSPS) is 10.3. The maximum absolute atomic E-state index is 6.86. The van der Waals surface area contributed by atoms with E-state index in [9.17, 15) is 0 Å². The molecule has 1 aromatic carbocycles. The van der Waals surface area contributed by atoms with Crippen LogP contribution >= 0.6 is 0 Å². The molecule has 18 heavy (non-hydrogen) atoms. The van der Waals surface area contributed by atoms with Gasteiger partial charge in [-0.2, -0.15) is 5.11 Å². The van der Waals surface area contributed by atoms with E-state index in [0.717, 1.165) is 18.8 Å². The van der Waals surface area contributed by atoms with Crippen molar-refractivity contribution in [1.82, 2.24) is 0 Å². The van der Waals surface area contributed by atoms with Crippen LogP contribution in [0.15, 0.2) is 29.4 Å². The Hall–Kier alpha value is -1.38. The SMILES string of the molecule is CCCCCCCCCOc1ccc(N=N)cc1. The first-order chi connectivity index (χ1) is 8.86. The summed E-state index contributed by atoms with van der Waals surface area (Å²) in [5.74, 6) is 0.869. The molecule has 0 heterocycles. The van der Waals surface area contributed by atoms with Crippen LogP contribution in [0.5, 0.6) is 5.75 Å². The number of nitrogens with one attached hydrogen (secondary N) is 1. The highest BCUT2D eigenvalue weighted by atomic mass is 16.5. The van der Waals surface area contributed by atoms with Crippen LogP contribution in [0, 0.1) is 5.53 Å². The van der Waals surface area contributed by atoms with Gasteiger partial charge in [0.2, 0.25) is 0 Å². The second kappa shape index (κ2) is 9.63. The van der Waals surface area contributed by atoms with Crippen molar-refractivity contribution >= 4 is 5.69 Å². The smallest absolute Gasteiger partial charge is 0.119 e. The zero-order valence-corrected chi connectivity index (χ0v) is 11.3. The number of nitrogens with zero attached hydrogens (tertiary/aromatic N) is 1. The van der Waals surface area contributed by atoms with E-state index < -0.39 is 0 Å². The molecule has 0 saturated carbocycles. The molecule has 1 aromatic rings. The minimum absolute atomic E-state index is 0.665. The highest BCUT2D eigenvalue weighted by Crippen LogP contribution is 2.18. The molecule has 0 aliphatic rings. The molecule has 0 amide bonds. The van der Waals surface area contributed by atoms with Crippen molar-refractivity contribution in [3.05, 3.63) is 24.3 Å². The van der Waals surface area contributed by atoms with E-state index in [1.54, 1.807) is 12.1 Å². The van der Waals surface area contributed by atoms with Gasteiger partial charge < -0.3 is 4.74 Å². The first-order valence-corrected chi connectivity index (χ1v) is 6.97. The van der Waals surface area contributed by atoms with Crippen LogP contribution in [0.1, 0.15) is 51.9 Å². The van der Waals surface area contributed by atoms with Crippen molar-refractivity contribution in [1.29, 1.82) is 5.53 Å². The van der Waals surface area contributed by atoms with Crippen molar-refractivity contribution in [2.45, 2.75) is 51.9 Å². The highest BCUT2D eigenvalue weighted by molar-refractivity contribution is 5.40. The largest absolute Gasteiger partial charge is 0.494 e. The van der Waals surface area contributed by atoms with Crippen LogP contribution in [0.3, 0.4) is 0 Å². The third-order valence-corrected chi connectivity index (χ3v) is 2.98. The van der Waals surface area contributed by atoms with Gasteiger partial charge in [-0.1, -0.05) is 45.4 Å². The van der Waals surface area contributed by atoms with E-state index in [2.05, 4.69) is 12.0 Å². The Balaban J connectivity index is 2.01. The van der Waals surface area contributed by atoms with Crippen molar-refractivity contribution in [3.8, 4) is 5.75 Å². The Morgan fingerprint density at radius 2 is 1.56 bits per heavy atom. The molecule has 0 aromatic heterocycles. The summed E-state index contributed by atoms with van der Waals surface area (Å²) in [7, 11) is 0. The fraction of sp³-hybridized carbons (Fsp3) is 0.600. The Morgan fingerprint density at radius 3 is 2.17 bits per heavy atom. The van der Waals surface area contributed by atoms with E-state index in [4.69, 9.17) is 10.3 Å². The summed E-state index contributed by atoms with van der Waals surface area (Å²) >= 11 is 0. The molecule has 1 rings (SSSR count). The number of hydrogen-bond acceptors (Lipinski definition) is 3. The summed E-state index contributed by atoms with van der Waals surface area (Å²) in [6.07, 6.45) is 9.09. The molecule has 1 N–H and O–H groups in total. The monoisotopic (exact) mass is 248 g/mol. The average molecular weight is 248 g/mol. The summed E-state index contributed by atoms with van der Waals surface area (Å²) in [4.78, 5) is 0. The summed E-state index contributed by atoms with van der Waals surface area (Å²) in [5.41, 5.74) is 7.53. The maximum atomic E-state index is 6.86. The molecule has 100 valence electrons. The molecule has 0 aliphatic heterocycles. The Morgan fingerprint density at radius 1 is 0.944 bits per heavy atom. The van der Waals surface area contributed by atoms with Crippen LogP contribution in [-0.4, -0.2) is 6.61 Å². The lowest BCUT2D eigenvalue weighted by Crippen LogP contribution is -1.96. The lowest BCUT2D eigenvalue weighted by molar-refractivity contribution is 0.304. The van der Waals surface area contributed by atoms with Gasteiger partial charge in [0.05, 0.1) is 12.3 Å². The predicted octanol–water partition coefficient (Wildman–Crippen LogP) is 5.48. The standard InChI is InChI=1S/C15H24N2O/c1-2-3-4-5-6-7-8-13-18-15-11-9-14(17-16)10-12-15/h9-12,16H,2-8,13H2,1H3. The Bertz CT molecular complexity index is 322. The lowest BCUT2D eigenvalue weighted by Gasteiger charge is -2.06. The second-order valence-corrected chi connectivity index (χ2v) is 4.58. The van der Waals surface area contributed by atoms with E-state index >= 15 is 0 Å². The number of unbranched alkanes of at least 4 members (excludes halogenated alkanes) is 6. The Labute approximate surface area is 110 Å². The molecule has 3 heteroatoms. The number of ether oxygens (including phenoxy) is 1. The zero-order chi connectivity index (χ0) is 13.1. The fourth-order valence-corrected chi connectivity index (χ4v) is 1.87. The van der Waals surface area contributed by atoms with Gasteiger partial charge in [0.1, 0.15) is 5.75 Å². The second-order valence-electron chi connectivity index (χ2n) is 4.58. The molecular weight excluding hydrogens is 224 g/mol. The van der Waals surface area contributed by atoms with Gasteiger partial charge in [-0.15, -0.1) is 0 Å². The van der Waals surface area contributed by atoms with Crippen molar-refractivity contribution in [2.75, 3.05) is 6.61 Å². The summed E-state index contributed by atoms with van der Waals surface area (Å²) in [6, 6.07) is 7.34. The van der Waals surface area contributed by atoms with E-state index in [-0.39, 0.29) is 0 Å². The molecule has 0 atom stereocenters. The first kappa shape index (κ1) is 14.7. The van der Waals surface area contributed by atoms with E-state index in [0.29, 0.717) is 5.69 Å².